The number of nitrogens with one attached hydrogen (secondary N) is 1. The smallest absolute Gasteiger partial charge is 0.413 e. The van der Waals surface area contributed by atoms with Crippen molar-refractivity contribution in [1.82, 2.24) is 10.3 Å². The number of hydrogen-bond acceptors (Lipinski definition) is 5. The standard InChI is InChI=1S/C19H16N2O3S/c22-19(21-12-13-5-2-1-3-6-13)24-16-11-14-8-10-23-15-7-4-9-20-17(15)18(14)25-16/h1-7,9,11H,8,10,12H2,(H,21,22). The van der Waals surface area contributed by atoms with Crippen molar-refractivity contribution >= 4 is 17.4 Å². The molecular formula is C19H16N2O3S. The first-order valence-corrected chi connectivity index (χ1v) is 8.82. The molecule has 1 aromatic carbocycles. The van der Waals surface area contributed by atoms with Crippen molar-refractivity contribution in [3.05, 3.63) is 65.9 Å². The summed E-state index contributed by atoms with van der Waals surface area (Å²) < 4.78 is 11.2. The molecule has 0 spiro atoms. The second kappa shape index (κ2) is 6.94. The summed E-state index contributed by atoms with van der Waals surface area (Å²) >= 11 is 1.42. The molecular weight excluding hydrogens is 336 g/mol. The topological polar surface area (TPSA) is 60.5 Å². The summed E-state index contributed by atoms with van der Waals surface area (Å²) in [4.78, 5) is 17.5. The van der Waals surface area contributed by atoms with Crippen molar-refractivity contribution < 1.29 is 14.3 Å². The predicted octanol–water partition coefficient (Wildman–Crippen LogP) is 4.03. The number of carbonyl (C=O) groups is 1. The molecule has 0 bridgehead atoms. The van der Waals surface area contributed by atoms with Gasteiger partial charge in [-0.3, -0.25) is 4.98 Å². The Hall–Kier alpha value is -2.86. The van der Waals surface area contributed by atoms with Gasteiger partial charge < -0.3 is 14.8 Å². The van der Waals surface area contributed by atoms with E-state index in [0.29, 0.717) is 18.2 Å². The first-order chi connectivity index (χ1) is 12.3. The predicted molar refractivity (Wildman–Crippen MR) is 96.1 cm³/mol. The van der Waals surface area contributed by atoms with Crippen LogP contribution in [0.4, 0.5) is 4.79 Å². The van der Waals surface area contributed by atoms with Crippen molar-refractivity contribution in [2.24, 2.45) is 0 Å². The highest BCUT2D eigenvalue weighted by molar-refractivity contribution is 7.17. The molecule has 126 valence electrons. The Morgan fingerprint density at radius 2 is 2.12 bits per heavy atom. The summed E-state index contributed by atoms with van der Waals surface area (Å²) in [7, 11) is 0. The van der Waals surface area contributed by atoms with E-state index in [-0.39, 0.29) is 0 Å². The van der Waals surface area contributed by atoms with Crippen LogP contribution in [-0.4, -0.2) is 17.7 Å². The van der Waals surface area contributed by atoms with E-state index in [4.69, 9.17) is 9.47 Å². The fourth-order valence-corrected chi connectivity index (χ4v) is 3.75. The number of pyridine rings is 1. The van der Waals surface area contributed by atoms with Crippen LogP contribution < -0.4 is 14.8 Å². The van der Waals surface area contributed by atoms with Crippen LogP contribution in [0.25, 0.3) is 10.6 Å². The maximum atomic E-state index is 12.0. The average Bonchev–Trinajstić information content (AvgIpc) is 2.95. The number of thiophene rings is 1. The monoisotopic (exact) mass is 352 g/mol. The molecule has 3 aromatic rings. The maximum Gasteiger partial charge on any atom is 0.413 e. The van der Waals surface area contributed by atoms with Crippen LogP contribution in [0.15, 0.2) is 54.7 Å². The summed E-state index contributed by atoms with van der Waals surface area (Å²) in [6, 6.07) is 15.4. The Labute approximate surface area is 149 Å². The zero-order valence-corrected chi connectivity index (χ0v) is 14.2. The quantitative estimate of drug-likeness (QED) is 0.773. The molecule has 1 aliphatic heterocycles. The van der Waals surface area contributed by atoms with Crippen molar-refractivity contribution in [2.75, 3.05) is 6.61 Å². The van der Waals surface area contributed by atoms with E-state index >= 15 is 0 Å². The first-order valence-electron chi connectivity index (χ1n) is 8.00. The molecule has 0 saturated heterocycles. The van der Waals surface area contributed by atoms with Crippen LogP contribution in [0.5, 0.6) is 10.8 Å². The number of hydrogen-bond donors (Lipinski definition) is 1. The van der Waals surface area contributed by atoms with Gasteiger partial charge >= 0.3 is 6.09 Å². The van der Waals surface area contributed by atoms with Crippen LogP contribution in [0.3, 0.4) is 0 Å². The first kappa shape index (κ1) is 15.7. The third kappa shape index (κ3) is 3.49. The van der Waals surface area contributed by atoms with Gasteiger partial charge in [0.25, 0.3) is 0 Å². The van der Waals surface area contributed by atoms with Crippen molar-refractivity contribution in [2.45, 2.75) is 13.0 Å². The van der Waals surface area contributed by atoms with Gasteiger partial charge in [0.1, 0.15) is 11.4 Å². The van der Waals surface area contributed by atoms with E-state index < -0.39 is 6.09 Å². The molecule has 25 heavy (non-hydrogen) atoms. The second-order valence-corrected chi connectivity index (χ2v) is 6.61. The number of nitrogens with zero attached hydrogens (tertiary/aromatic N) is 1. The largest absolute Gasteiger partial charge is 0.491 e. The van der Waals surface area contributed by atoms with Gasteiger partial charge in [-0.2, -0.15) is 0 Å². The minimum atomic E-state index is -0.460. The van der Waals surface area contributed by atoms with Gasteiger partial charge in [-0.15, -0.1) is 0 Å². The number of carbonyl (C=O) groups excluding carboxylic acids is 1. The van der Waals surface area contributed by atoms with Crippen molar-refractivity contribution in [3.63, 3.8) is 0 Å². The van der Waals surface area contributed by atoms with E-state index in [0.717, 1.165) is 33.9 Å². The molecule has 2 aromatic heterocycles. The minimum Gasteiger partial charge on any atom is -0.491 e. The van der Waals surface area contributed by atoms with Gasteiger partial charge in [-0.25, -0.2) is 4.79 Å². The zero-order chi connectivity index (χ0) is 17.1. The van der Waals surface area contributed by atoms with E-state index in [2.05, 4.69) is 10.3 Å². The lowest BCUT2D eigenvalue weighted by Gasteiger charge is -2.06. The van der Waals surface area contributed by atoms with Crippen LogP contribution >= 0.6 is 11.3 Å². The van der Waals surface area contributed by atoms with Crippen LogP contribution in [0.1, 0.15) is 11.1 Å². The fraction of sp³-hybridized carbons (Fsp3) is 0.158. The Morgan fingerprint density at radius 1 is 1.24 bits per heavy atom. The lowest BCUT2D eigenvalue weighted by molar-refractivity contribution is 0.201. The molecule has 1 aliphatic rings. The molecule has 4 rings (SSSR count). The zero-order valence-electron chi connectivity index (χ0n) is 13.4. The molecule has 5 nitrogen and oxygen atoms in total. The highest BCUT2D eigenvalue weighted by atomic mass is 32.1. The normalized spacial score (nSPS) is 12.3. The van der Waals surface area contributed by atoms with Crippen LogP contribution in [0, 0.1) is 0 Å². The molecule has 0 fully saturated rings. The fourth-order valence-electron chi connectivity index (χ4n) is 2.69. The third-order valence-corrected chi connectivity index (χ3v) is 4.94. The lowest BCUT2D eigenvalue weighted by atomic mass is 10.1. The Balaban J connectivity index is 1.48. The Morgan fingerprint density at radius 3 is 3.00 bits per heavy atom. The molecule has 3 heterocycles. The van der Waals surface area contributed by atoms with E-state index in [1.165, 1.54) is 11.3 Å². The maximum absolute atomic E-state index is 12.0. The SMILES string of the molecule is O=C(NCc1ccccc1)Oc1cc2c(s1)-c1ncccc1OCC2. The van der Waals surface area contributed by atoms with E-state index in [9.17, 15) is 4.79 Å². The summed E-state index contributed by atoms with van der Waals surface area (Å²) in [6.07, 6.45) is 2.04. The number of ether oxygens (including phenoxy) is 2. The summed E-state index contributed by atoms with van der Waals surface area (Å²) in [6.45, 7) is 1.02. The molecule has 6 heteroatoms. The highest BCUT2D eigenvalue weighted by Gasteiger charge is 2.21. The van der Waals surface area contributed by atoms with Gasteiger partial charge in [0.2, 0.25) is 0 Å². The lowest BCUT2D eigenvalue weighted by Crippen LogP contribution is -2.25. The average molecular weight is 352 g/mol. The number of rotatable bonds is 3. The van der Waals surface area contributed by atoms with E-state index in [1.54, 1.807) is 6.20 Å². The highest BCUT2D eigenvalue weighted by Crippen LogP contribution is 2.42. The summed E-state index contributed by atoms with van der Waals surface area (Å²) in [5.74, 6) is 0.767. The number of benzene rings is 1. The van der Waals surface area contributed by atoms with Gasteiger partial charge in [0.05, 0.1) is 11.5 Å². The van der Waals surface area contributed by atoms with Crippen LogP contribution in [-0.2, 0) is 13.0 Å². The minimum absolute atomic E-state index is 0.434. The number of amides is 1. The van der Waals surface area contributed by atoms with Crippen molar-refractivity contribution in [1.29, 1.82) is 0 Å². The third-order valence-electron chi connectivity index (χ3n) is 3.87. The van der Waals surface area contributed by atoms with Gasteiger partial charge in [-0.1, -0.05) is 41.7 Å². The van der Waals surface area contributed by atoms with Gasteiger partial charge in [-0.05, 0) is 29.3 Å². The Bertz CT molecular complexity index is 893. The molecule has 1 amide bonds. The second-order valence-electron chi connectivity index (χ2n) is 5.60. The van der Waals surface area contributed by atoms with Gasteiger partial charge in [0, 0.05) is 19.2 Å². The van der Waals surface area contributed by atoms with Gasteiger partial charge in [0.15, 0.2) is 5.06 Å². The molecule has 1 N–H and O–H groups in total. The summed E-state index contributed by atoms with van der Waals surface area (Å²) in [5.41, 5.74) is 2.92. The molecule has 0 atom stereocenters. The van der Waals surface area contributed by atoms with E-state index in [1.807, 2.05) is 48.5 Å². The van der Waals surface area contributed by atoms with Crippen molar-refractivity contribution in [3.8, 4) is 21.4 Å². The number of aromatic nitrogens is 1. The molecule has 0 unspecified atom stereocenters. The number of fused-ring (bicyclic) bond motifs is 3. The molecule has 0 aliphatic carbocycles. The molecule has 0 radical (unpaired) electrons. The molecule has 0 saturated carbocycles. The Kier molecular flexibility index (Phi) is 4.35. The van der Waals surface area contributed by atoms with Crippen LogP contribution in [0.2, 0.25) is 0 Å². The summed E-state index contributed by atoms with van der Waals surface area (Å²) in [5, 5.41) is 3.33.